The zero-order valence-electron chi connectivity index (χ0n) is 8.55. The lowest BCUT2D eigenvalue weighted by atomic mass is 10.0. The molecule has 1 heterocycles. The minimum Gasteiger partial charge on any atom is -0.303 e. The van der Waals surface area contributed by atoms with Crippen molar-refractivity contribution in [3.63, 3.8) is 0 Å². The first-order valence-corrected chi connectivity index (χ1v) is 4.95. The van der Waals surface area contributed by atoms with Crippen molar-refractivity contribution in [1.29, 1.82) is 0 Å². The van der Waals surface area contributed by atoms with Crippen LogP contribution in [0.25, 0.3) is 0 Å². The maximum atomic E-state index is 10.1. The molecule has 1 aliphatic heterocycles. The Kier molecular flexibility index (Phi) is 3.64. The van der Waals surface area contributed by atoms with E-state index in [-0.39, 0.29) is 5.54 Å². The summed E-state index contributed by atoms with van der Waals surface area (Å²) in [6, 6.07) is 0. The largest absolute Gasteiger partial charge is 0.303 e. The van der Waals surface area contributed by atoms with E-state index in [1.807, 2.05) is 13.8 Å². The van der Waals surface area contributed by atoms with Gasteiger partial charge in [-0.05, 0) is 46.2 Å². The first-order chi connectivity index (χ1) is 6.14. The molecule has 0 unspecified atom stereocenters. The lowest BCUT2D eigenvalue weighted by Gasteiger charge is -2.21. The van der Waals surface area contributed by atoms with E-state index in [1.54, 1.807) is 6.08 Å². The predicted molar refractivity (Wildman–Crippen MR) is 52.5 cm³/mol. The third-order valence-electron chi connectivity index (χ3n) is 2.59. The van der Waals surface area contributed by atoms with Gasteiger partial charge in [-0.1, -0.05) is 0 Å². The fourth-order valence-electron chi connectivity index (χ4n) is 1.62. The molecule has 0 aromatic rings. The molecule has 3 nitrogen and oxygen atoms in total. The summed E-state index contributed by atoms with van der Waals surface area (Å²) in [5.74, 6) is 0. The van der Waals surface area contributed by atoms with Gasteiger partial charge in [0.1, 0.15) is 0 Å². The molecule has 0 radical (unpaired) electrons. The predicted octanol–water partition coefficient (Wildman–Crippen LogP) is 1.59. The molecular weight excluding hydrogens is 164 g/mol. The zero-order valence-corrected chi connectivity index (χ0v) is 8.55. The molecule has 0 N–H and O–H groups in total. The Labute approximate surface area is 79.8 Å². The van der Waals surface area contributed by atoms with Crippen molar-refractivity contribution >= 4 is 6.08 Å². The van der Waals surface area contributed by atoms with Gasteiger partial charge in [0.25, 0.3) is 0 Å². The Morgan fingerprint density at radius 3 is 2.54 bits per heavy atom. The second kappa shape index (κ2) is 4.54. The number of hydrogen-bond acceptors (Lipinski definition) is 3. The van der Waals surface area contributed by atoms with Gasteiger partial charge in [-0.3, -0.25) is 0 Å². The number of rotatable bonds is 4. The number of carbonyl (C=O) groups excluding carboxylic acids is 1. The molecule has 1 saturated heterocycles. The number of hydrogen-bond donors (Lipinski definition) is 0. The molecule has 0 spiro atoms. The summed E-state index contributed by atoms with van der Waals surface area (Å²) in [5.41, 5.74) is -0.232. The third-order valence-corrected chi connectivity index (χ3v) is 2.59. The van der Waals surface area contributed by atoms with Gasteiger partial charge >= 0.3 is 0 Å². The van der Waals surface area contributed by atoms with Crippen LogP contribution in [0.2, 0.25) is 0 Å². The topological polar surface area (TPSA) is 32.7 Å². The van der Waals surface area contributed by atoms with Gasteiger partial charge in [0, 0.05) is 6.54 Å². The smallest absolute Gasteiger partial charge is 0.235 e. The molecule has 0 aliphatic carbocycles. The summed E-state index contributed by atoms with van der Waals surface area (Å²) in [4.78, 5) is 16.3. The fraction of sp³-hybridized carbons (Fsp3) is 0.900. The summed E-state index contributed by atoms with van der Waals surface area (Å²) in [6.45, 7) is 7.43. The summed E-state index contributed by atoms with van der Waals surface area (Å²) in [5, 5.41) is 0. The molecule has 3 heteroatoms. The lowest BCUT2D eigenvalue weighted by molar-refractivity contribution is 0.298. The average Bonchev–Trinajstić information content (AvgIpc) is 2.52. The number of isocyanates is 1. The van der Waals surface area contributed by atoms with Crippen molar-refractivity contribution in [3.05, 3.63) is 0 Å². The van der Waals surface area contributed by atoms with Crippen LogP contribution in [-0.4, -0.2) is 36.2 Å². The van der Waals surface area contributed by atoms with Gasteiger partial charge < -0.3 is 4.90 Å². The van der Waals surface area contributed by atoms with E-state index in [1.165, 1.54) is 25.9 Å². The van der Waals surface area contributed by atoms with Crippen molar-refractivity contribution in [2.45, 2.75) is 38.6 Å². The molecule has 0 amide bonds. The van der Waals surface area contributed by atoms with Crippen LogP contribution in [0.1, 0.15) is 33.1 Å². The highest BCUT2D eigenvalue weighted by Crippen LogP contribution is 2.16. The molecule has 1 rings (SSSR count). The quantitative estimate of drug-likeness (QED) is 0.488. The van der Waals surface area contributed by atoms with Gasteiger partial charge in [0.2, 0.25) is 6.08 Å². The minimum atomic E-state index is -0.232. The van der Waals surface area contributed by atoms with Crippen LogP contribution in [0, 0.1) is 0 Å². The second-order valence-corrected chi connectivity index (χ2v) is 4.31. The highest BCUT2D eigenvalue weighted by atomic mass is 16.1. The standard InChI is InChI=1S/C10H18N2O/c1-10(2,11-9-13)5-8-12-6-3-4-7-12/h3-8H2,1-2H3. The Hall–Kier alpha value is -0.660. The highest BCUT2D eigenvalue weighted by Gasteiger charge is 2.19. The van der Waals surface area contributed by atoms with E-state index in [4.69, 9.17) is 0 Å². The Morgan fingerprint density at radius 2 is 2.00 bits per heavy atom. The van der Waals surface area contributed by atoms with Crippen molar-refractivity contribution < 1.29 is 4.79 Å². The van der Waals surface area contributed by atoms with Crippen molar-refractivity contribution in [2.75, 3.05) is 19.6 Å². The van der Waals surface area contributed by atoms with Gasteiger partial charge in [-0.15, -0.1) is 0 Å². The van der Waals surface area contributed by atoms with Gasteiger partial charge in [-0.2, -0.15) is 4.99 Å². The molecule has 74 valence electrons. The first-order valence-electron chi connectivity index (χ1n) is 4.95. The van der Waals surface area contributed by atoms with Crippen LogP contribution in [0.5, 0.6) is 0 Å². The average molecular weight is 182 g/mol. The Morgan fingerprint density at radius 1 is 1.38 bits per heavy atom. The SMILES string of the molecule is CC(C)(CCN1CCCC1)N=C=O. The van der Waals surface area contributed by atoms with Crippen LogP contribution >= 0.6 is 0 Å². The minimum absolute atomic E-state index is 0.232. The Balaban J connectivity index is 2.27. The third kappa shape index (κ3) is 3.71. The van der Waals surface area contributed by atoms with Crippen LogP contribution in [0.15, 0.2) is 4.99 Å². The van der Waals surface area contributed by atoms with Crippen LogP contribution in [0.3, 0.4) is 0 Å². The maximum absolute atomic E-state index is 10.1. The van der Waals surface area contributed by atoms with E-state index in [0.29, 0.717) is 0 Å². The molecular formula is C10H18N2O. The van der Waals surface area contributed by atoms with E-state index in [9.17, 15) is 4.79 Å². The van der Waals surface area contributed by atoms with Crippen molar-refractivity contribution in [3.8, 4) is 0 Å². The second-order valence-electron chi connectivity index (χ2n) is 4.31. The molecule has 0 aromatic heterocycles. The number of nitrogens with zero attached hydrogens (tertiary/aromatic N) is 2. The zero-order chi connectivity index (χ0) is 9.73. The van der Waals surface area contributed by atoms with Gasteiger partial charge in [0.05, 0.1) is 5.54 Å². The summed E-state index contributed by atoms with van der Waals surface area (Å²) in [7, 11) is 0. The molecule has 1 aliphatic rings. The first kappa shape index (κ1) is 10.4. The lowest BCUT2D eigenvalue weighted by Crippen LogP contribution is -2.27. The molecule has 0 bridgehead atoms. The molecule has 0 atom stereocenters. The summed E-state index contributed by atoms with van der Waals surface area (Å²) < 4.78 is 0. The number of aliphatic imine (C=N–C) groups is 1. The fourth-order valence-corrected chi connectivity index (χ4v) is 1.62. The van der Waals surface area contributed by atoms with Crippen LogP contribution < -0.4 is 0 Å². The van der Waals surface area contributed by atoms with Crippen molar-refractivity contribution in [2.24, 2.45) is 4.99 Å². The monoisotopic (exact) mass is 182 g/mol. The van der Waals surface area contributed by atoms with E-state index >= 15 is 0 Å². The highest BCUT2D eigenvalue weighted by molar-refractivity contribution is 5.34. The van der Waals surface area contributed by atoms with E-state index in [0.717, 1.165) is 13.0 Å². The van der Waals surface area contributed by atoms with Crippen LogP contribution in [0.4, 0.5) is 0 Å². The van der Waals surface area contributed by atoms with E-state index < -0.39 is 0 Å². The van der Waals surface area contributed by atoms with Crippen molar-refractivity contribution in [1.82, 2.24) is 4.90 Å². The molecule has 0 aromatic carbocycles. The molecule has 1 fully saturated rings. The van der Waals surface area contributed by atoms with E-state index in [2.05, 4.69) is 9.89 Å². The summed E-state index contributed by atoms with van der Waals surface area (Å²) in [6.07, 6.45) is 5.22. The maximum Gasteiger partial charge on any atom is 0.235 e. The van der Waals surface area contributed by atoms with Gasteiger partial charge in [-0.25, -0.2) is 4.79 Å². The molecule has 0 saturated carbocycles. The Bertz CT molecular complexity index is 201. The van der Waals surface area contributed by atoms with Gasteiger partial charge in [0.15, 0.2) is 0 Å². The normalized spacial score (nSPS) is 18.6. The number of likely N-dealkylation sites (tertiary alicyclic amines) is 1. The van der Waals surface area contributed by atoms with Crippen LogP contribution in [-0.2, 0) is 4.79 Å². The summed E-state index contributed by atoms with van der Waals surface area (Å²) >= 11 is 0. The molecule has 13 heavy (non-hydrogen) atoms.